The standard InChI is InChI=1S/C43H25N3O5/c1-3-9-35-29(7-1)31-16-13-26(23-37(31)49-35)45(41-11-5-21-47-41)27-14-18-33-34-19-20-40(44-43(34)51-39(33)24-27)46(42-12-6-22-48-42)28-15-17-32-30-8-2-4-10-36(30)50-38(32)25-28/h1-25H. The molecule has 6 heterocycles. The highest BCUT2D eigenvalue weighted by Gasteiger charge is 2.22. The summed E-state index contributed by atoms with van der Waals surface area (Å²) in [4.78, 5) is 9.03. The quantitative estimate of drug-likeness (QED) is 0.174. The fraction of sp³-hybridized carbons (Fsp3) is 0. The van der Waals surface area contributed by atoms with E-state index in [9.17, 15) is 0 Å². The van der Waals surface area contributed by atoms with Crippen molar-refractivity contribution in [2.75, 3.05) is 9.80 Å². The topological polar surface area (TPSA) is 85.1 Å². The Balaban J connectivity index is 1.02. The van der Waals surface area contributed by atoms with Gasteiger partial charge in [-0.2, -0.15) is 4.98 Å². The van der Waals surface area contributed by atoms with Crippen molar-refractivity contribution in [3.05, 3.63) is 152 Å². The van der Waals surface area contributed by atoms with Crippen LogP contribution in [0, 0.1) is 0 Å². The predicted molar refractivity (Wildman–Crippen MR) is 200 cm³/mol. The molecule has 0 bridgehead atoms. The van der Waals surface area contributed by atoms with E-state index in [0.717, 1.165) is 71.7 Å². The Morgan fingerprint density at radius 3 is 1.41 bits per heavy atom. The minimum Gasteiger partial charge on any atom is -0.456 e. The van der Waals surface area contributed by atoms with Crippen molar-refractivity contribution >= 4 is 101 Å². The molecule has 0 aliphatic rings. The molecular formula is C43H25N3O5. The van der Waals surface area contributed by atoms with Crippen LogP contribution in [0.4, 0.5) is 34.6 Å². The van der Waals surface area contributed by atoms with Crippen molar-refractivity contribution in [1.29, 1.82) is 0 Å². The second-order valence-electron chi connectivity index (χ2n) is 12.4. The van der Waals surface area contributed by atoms with E-state index in [2.05, 4.69) is 48.5 Å². The second-order valence-corrected chi connectivity index (χ2v) is 12.4. The molecule has 242 valence electrons. The van der Waals surface area contributed by atoms with Crippen LogP contribution in [0.3, 0.4) is 0 Å². The third-order valence-electron chi connectivity index (χ3n) is 9.49. The molecule has 11 rings (SSSR count). The number of hydrogen-bond acceptors (Lipinski definition) is 8. The highest BCUT2D eigenvalue weighted by molar-refractivity contribution is 6.08. The monoisotopic (exact) mass is 663 g/mol. The summed E-state index contributed by atoms with van der Waals surface area (Å²) in [5, 5.41) is 6.12. The molecule has 6 aromatic heterocycles. The first-order valence-electron chi connectivity index (χ1n) is 16.6. The smallest absolute Gasteiger partial charge is 0.229 e. The van der Waals surface area contributed by atoms with E-state index in [-0.39, 0.29) is 0 Å². The first-order chi connectivity index (χ1) is 25.2. The minimum atomic E-state index is 0.509. The number of nitrogens with zero attached hydrogens (tertiary/aromatic N) is 3. The van der Waals surface area contributed by atoms with Gasteiger partial charge in [0, 0.05) is 62.6 Å². The average molecular weight is 664 g/mol. The first-order valence-corrected chi connectivity index (χ1v) is 16.6. The van der Waals surface area contributed by atoms with Crippen molar-refractivity contribution in [3.63, 3.8) is 0 Å². The summed E-state index contributed by atoms with van der Waals surface area (Å²) >= 11 is 0. The maximum absolute atomic E-state index is 6.50. The maximum atomic E-state index is 6.50. The second kappa shape index (κ2) is 10.7. The number of furan rings is 5. The van der Waals surface area contributed by atoms with Gasteiger partial charge in [0.05, 0.1) is 29.6 Å². The van der Waals surface area contributed by atoms with E-state index in [0.29, 0.717) is 28.9 Å². The molecule has 51 heavy (non-hydrogen) atoms. The summed E-state index contributed by atoms with van der Waals surface area (Å²) in [7, 11) is 0. The Hall–Kier alpha value is -7.19. The number of hydrogen-bond donors (Lipinski definition) is 0. The predicted octanol–water partition coefficient (Wildman–Crippen LogP) is 12.9. The van der Waals surface area contributed by atoms with Gasteiger partial charge < -0.3 is 22.1 Å². The number of aromatic nitrogens is 1. The van der Waals surface area contributed by atoms with Gasteiger partial charge in [-0.3, -0.25) is 9.80 Å². The van der Waals surface area contributed by atoms with Crippen LogP contribution in [0.5, 0.6) is 0 Å². The third-order valence-corrected chi connectivity index (χ3v) is 9.49. The van der Waals surface area contributed by atoms with Crippen LogP contribution >= 0.6 is 0 Å². The van der Waals surface area contributed by atoms with E-state index in [1.54, 1.807) is 12.5 Å². The molecule has 8 heteroatoms. The van der Waals surface area contributed by atoms with Gasteiger partial charge >= 0.3 is 0 Å². The van der Waals surface area contributed by atoms with E-state index in [4.69, 9.17) is 27.1 Å². The lowest BCUT2D eigenvalue weighted by Crippen LogP contribution is -2.10. The summed E-state index contributed by atoms with van der Waals surface area (Å²) in [5.41, 5.74) is 7.08. The molecule has 5 aromatic carbocycles. The fourth-order valence-electron chi connectivity index (χ4n) is 7.18. The molecule has 0 unspecified atom stereocenters. The van der Waals surface area contributed by atoms with Gasteiger partial charge in [0.2, 0.25) is 17.5 Å². The van der Waals surface area contributed by atoms with Crippen LogP contribution in [0.1, 0.15) is 0 Å². The molecule has 0 aliphatic carbocycles. The van der Waals surface area contributed by atoms with Crippen molar-refractivity contribution in [3.8, 4) is 0 Å². The van der Waals surface area contributed by atoms with E-state index >= 15 is 0 Å². The molecule has 11 aromatic rings. The van der Waals surface area contributed by atoms with Crippen molar-refractivity contribution in [1.82, 2.24) is 4.98 Å². The van der Waals surface area contributed by atoms with Gasteiger partial charge in [-0.1, -0.05) is 36.4 Å². The normalized spacial score (nSPS) is 11.9. The fourth-order valence-corrected chi connectivity index (χ4v) is 7.18. The molecule has 0 atom stereocenters. The van der Waals surface area contributed by atoms with E-state index in [1.165, 1.54) is 0 Å². The molecular weight excluding hydrogens is 638 g/mol. The lowest BCUT2D eigenvalue weighted by Gasteiger charge is -2.22. The molecule has 0 N–H and O–H groups in total. The maximum Gasteiger partial charge on any atom is 0.229 e. The summed E-state index contributed by atoms with van der Waals surface area (Å²) in [6.07, 6.45) is 3.32. The molecule has 0 fully saturated rings. The van der Waals surface area contributed by atoms with E-state index in [1.807, 2.05) is 101 Å². The number of pyridine rings is 1. The Kier molecular flexibility index (Phi) is 5.79. The van der Waals surface area contributed by atoms with Gasteiger partial charge in [0.25, 0.3) is 0 Å². The molecule has 0 saturated carbocycles. The molecule has 0 aliphatic heterocycles. The summed E-state index contributed by atoms with van der Waals surface area (Å²) in [6.45, 7) is 0. The lowest BCUT2D eigenvalue weighted by molar-refractivity contribution is 0.572. The largest absolute Gasteiger partial charge is 0.456 e. The van der Waals surface area contributed by atoms with Crippen LogP contribution in [0.2, 0.25) is 0 Å². The highest BCUT2D eigenvalue weighted by atomic mass is 16.4. The Labute approximate surface area is 288 Å². The third kappa shape index (κ3) is 4.30. The van der Waals surface area contributed by atoms with Crippen LogP contribution in [-0.4, -0.2) is 4.98 Å². The first kappa shape index (κ1) is 27.7. The summed E-state index contributed by atoms with van der Waals surface area (Å²) in [5.74, 6) is 1.92. The summed E-state index contributed by atoms with van der Waals surface area (Å²) < 4.78 is 30.8. The van der Waals surface area contributed by atoms with Gasteiger partial charge in [-0.05, 0) is 72.8 Å². The molecule has 0 spiro atoms. The Morgan fingerprint density at radius 2 is 0.843 bits per heavy atom. The molecule has 0 radical (unpaired) electrons. The van der Waals surface area contributed by atoms with Crippen molar-refractivity contribution < 1.29 is 22.1 Å². The van der Waals surface area contributed by atoms with Gasteiger partial charge in [-0.25, -0.2) is 0 Å². The number of fused-ring (bicyclic) bond motifs is 9. The zero-order chi connectivity index (χ0) is 33.5. The summed E-state index contributed by atoms with van der Waals surface area (Å²) in [6, 6.07) is 46.2. The van der Waals surface area contributed by atoms with Crippen molar-refractivity contribution in [2.45, 2.75) is 0 Å². The molecule has 0 saturated heterocycles. The zero-order valence-electron chi connectivity index (χ0n) is 26.8. The minimum absolute atomic E-state index is 0.509. The molecule has 0 amide bonds. The van der Waals surface area contributed by atoms with Crippen LogP contribution in [-0.2, 0) is 0 Å². The van der Waals surface area contributed by atoms with Gasteiger partial charge in [0.15, 0.2) is 0 Å². The van der Waals surface area contributed by atoms with Crippen LogP contribution in [0.25, 0.3) is 65.9 Å². The Morgan fingerprint density at radius 1 is 0.373 bits per heavy atom. The number of para-hydroxylation sites is 2. The Bertz CT molecular complexity index is 2850. The van der Waals surface area contributed by atoms with Gasteiger partial charge in [-0.15, -0.1) is 0 Å². The zero-order valence-corrected chi connectivity index (χ0v) is 26.8. The number of rotatable bonds is 6. The lowest BCUT2D eigenvalue weighted by atomic mass is 10.1. The van der Waals surface area contributed by atoms with Crippen LogP contribution < -0.4 is 9.80 Å². The number of benzene rings is 5. The van der Waals surface area contributed by atoms with E-state index < -0.39 is 0 Å². The number of anilines is 6. The van der Waals surface area contributed by atoms with Gasteiger partial charge in [0.1, 0.15) is 33.7 Å². The van der Waals surface area contributed by atoms with Crippen LogP contribution in [0.15, 0.2) is 174 Å². The SMILES string of the molecule is c1coc(N(c2ccc3c(c2)oc2ccccc23)c2ccc3c(c2)oc2nc(N(c4ccc5c(c4)oc4ccccc45)c4ccco4)ccc23)c1. The highest BCUT2D eigenvalue weighted by Crippen LogP contribution is 2.42. The van der Waals surface area contributed by atoms with Crippen molar-refractivity contribution in [2.24, 2.45) is 0 Å². The average Bonchev–Trinajstić information content (AvgIpc) is 4.01. The molecule has 8 nitrogen and oxygen atoms in total.